The lowest BCUT2D eigenvalue weighted by atomic mass is 9.88. The second-order valence-electron chi connectivity index (χ2n) is 10.5. The number of nitrogens with two attached hydrogens (primary N) is 1. The summed E-state index contributed by atoms with van der Waals surface area (Å²) in [5.74, 6) is 1.80. The Bertz CT molecular complexity index is 1660. The van der Waals surface area contributed by atoms with Crippen molar-refractivity contribution in [1.82, 2.24) is 9.29 Å². The van der Waals surface area contributed by atoms with Crippen LogP contribution >= 0.6 is 0 Å². The van der Waals surface area contributed by atoms with Crippen molar-refractivity contribution in [2.24, 2.45) is 5.73 Å². The first kappa shape index (κ1) is 27.2. The molecule has 0 bridgehead atoms. The van der Waals surface area contributed by atoms with E-state index >= 15 is 0 Å². The lowest BCUT2D eigenvalue weighted by molar-refractivity contribution is -0.117. The number of carbonyl (C=O) groups excluding carboxylic acids is 1. The minimum atomic E-state index is -3.40. The van der Waals surface area contributed by atoms with Crippen LogP contribution in [0.15, 0.2) is 66.9 Å². The Kier molecular flexibility index (Phi) is 7.59. The molecule has 2 aliphatic heterocycles. The fourth-order valence-corrected chi connectivity index (χ4v) is 7.27. The second-order valence-corrected chi connectivity index (χ2v) is 12.6. The van der Waals surface area contributed by atoms with Gasteiger partial charge in [0.15, 0.2) is 11.5 Å². The molecule has 0 aliphatic carbocycles. The zero-order valence-electron chi connectivity index (χ0n) is 22.7. The molecule has 41 heavy (non-hydrogen) atoms. The Hall–Kier alpha value is -4.02. The number of nitrogens with zero attached hydrogens (tertiary/aromatic N) is 1. The van der Waals surface area contributed by atoms with Crippen molar-refractivity contribution >= 4 is 26.8 Å². The molecular weight excluding hydrogens is 542 g/mol. The fourth-order valence-electron chi connectivity index (χ4n) is 5.76. The fraction of sp³-hybridized carbons (Fsp3) is 0.323. The average Bonchev–Trinajstić information content (AvgIpc) is 3.63. The maximum Gasteiger partial charge on any atom is 0.231 e. The number of aromatic amines is 1. The predicted octanol–water partition coefficient (Wildman–Crippen LogP) is 4.57. The lowest BCUT2D eigenvalue weighted by Crippen LogP contribution is -2.39. The van der Waals surface area contributed by atoms with Crippen molar-refractivity contribution in [3.63, 3.8) is 0 Å². The number of hydrogen-bond acceptors (Lipinski definition) is 6. The molecule has 3 N–H and O–H groups in total. The molecule has 10 heteroatoms. The van der Waals surface area contributed by atoms with Crippen molar-refractivity contribution in [2.45, 2.75) is 31.6 Å². The first-order chi connectivity index (χ1) is 19.9. The molecule has 9 nitrogen and oxygen atoms in total. The molecular formula is C31H33N3O6S. The smallest absolute Gasteiger partial charge is 0.231 e. The maximum absolute atomic E-state index is 13.1. The van der Waals surface area contributed by atoms with Crippen molar-refractivity contribution in [3.05, 3.63) is 78.0 Å². The summed E-state index contributed by atoms with van der Waals surface area (Å²) < 4.78 is 44.2. The van der Waals surface area contributed by atoms with Crippen LogP contribution in [0.5, 0.6) is 17.2 Å². The molecule has 214 valence electrons. The first-order valence-electron chi connectivity index (χ1n) is 13.9. The third-order valence-electron chi connectivity index (χ3n) is 7.82. The van der Waals surface area contributed by atoms with Gasteiger partial charge in [-0.2, -0.15) is 0 Å². The van der Waals surface area contributed by atoms with Crippen molar-refractivity contribution < 1.29 is 27.4 Å². The summed E-state index contributed by atoms with van der Waals surface area (Å²) in [4.78, 5) is 15.2. The Labute approximate surface area is 239 Å². The highest BCUT2D eigenvalue weighted by Gasteiger charge is 2.30. The highest BCUT2D eigenvalue weighted by Crippen LogP contribution is 2.38. The molecule has 1 saturated heterocycles. The number of aromatic nitrogens is 1. The van der Waals surface area contributed by atoms with Gasteiger partial charge in [0, 0.05) is 36.3 Å². The van der Waals surface area contributed by atoms with E-state index in [-0.39, 0.29) is 30.8 Å². The summed E-state index contributed by atoms with van der Waals surface area (Å²) in [6, 6.07) is 19.6. The van der Waals surface area contributed by atoms with Crippen LogP contribution < -0.4 is 19.9 Å². The number of sulfonamides is 1. The number of ether oxygens (including phenoxy) is 3. The lowest BCUT2D eigenvalue weighted by Gasteiger charge is -2.31. The van der Waals surface area contributed by atoms with Gasteiger partial charge in [0.05, 0.1) is 18.8 Å². The molecule has 0 spiro atoms. The zero-order valence-corrected chi connectivity index (χ0v) is 23.5. The molecule has 4 aromatic rings. The van der Waals surface area contributed by atoms with Crippen molar-refractivity contribution in [1.29, 1.82) is 0 Å². The number of nitrogens with one attached hydrogen (secondary N) is 1. The summed E-state index contributed by atoms with van der Waals surface area (Å²) >= 11 is 0. The summed E-state index contributed by atoms with van der Waals surface area (Å²) in [7, 11) is -3.40. The monoisotopic (exact) mass is 575 g/mol. The molecule has 6 rings (SSSR count). The Morgan fingerprint density at radius 2 is 1.78 bits per heavy atom. The van der Waals surface area contributed by atoms with Crippen LogP contribution in [-0.4, -0.2) is 55.9 Å². The molecule has 3 heterocycles. The van der Waals surface area contributed by atoms with E-state index in [2.05, 4.69) is 11.1 Å². The van der Waals surface area contributed by atoms with Gasteiger partial charge in [-0.1, -0.05) is 30.3 Å². The summed E-state index contributed by atoms with van der Waals surface area (Å²) in [5.41, 5.74) is 10.6. The third-order valence-corrected chi connectivity index (χ3v) is 9.78. The van der Waals surface area contributed by atoms with E-state index in [9.17, 15) is 13.2 Å². The van der Waals surface area contributed by atoms with E-state index < -0.39 is 10.0 Å². The van der Waals surface area contributed by atoms with Crippen molar-refractivity contribution in [2.75, 3.05) is 32.2 Å². The maximum atomic E-state index is 13.1. The molecule has 2 aliphatic rings. The number of H-pyrrole nitrogens is 1. The molecule has 1 aromatic heterocycles. The van der Waals surface area contributed by atoms with Crippen molar-refractivity contribution in [3.8, 4) is 28.4 Å². The third kappa shape index (κ3) is 5.89. The van der Waals surface area contributed by atoms with Gasteiger partial charge in [0.25, 0.3) is 0 Å². The normalized spacial score (nSPS) is 15.8. The Balaban J connectivity index is 1.10. The van der Waals surface area contributed by atoms with E-state index in [1.165, 1.54) is 0 Å². The molecule has 0 atom stereocenters. The van der Waals surface area contributed by atoms with E-state index in [4.69, 9.17) is 19.9 Å². The summed E-state index contributed by atoms with van der Waals surface area (Å²) in [5, 5.41) is 1.06. The molecule has 1 amide bonds. The van der Waals surface area contributed by atoms with Crippen LogP contribution in [0.3, 0.4) is 0 Å². The second kappa shape index (κ2) is 11.5. The number of hydrogen-bond donors (Lipinski definition) is 2. The largest absolute Gasteiger partial charge is 0.493 e. The van der Waals surface area contributed by atoms with Gasteiger partial charge in [-0.25, -0.2) is 12.7 Å². The highest BCUT2D eigenvalue weighted by molar-refractivity contribution is 7.89. The molecule has 0 saturated carbocycles. The van der Waals surface area contributed by atoms with E-state index in [0.717, 1.165) is 46.0 Å². The minimum Gasteiger partial charge on any atom is -0.493 e. The number of piperidine rings is 1. The van der Waals surface area contributed by atoms with Gasteiger partial charge in [-0.3, -0.25) is 4.79 Å². The van der Waals surface area contributed by atoms with Crippen LogP contribution in [0.2, 0.25) is 0 Å². The van der Waals surface area contributed by atoms with Gasteiger partial charge in [0.2, 0.25) is 22.7 Å². The van der Waals surface area contributed by atoms with Crippen LogP contribution in [0.4, 0.5) is 0 Å². The SMILES string of the molecule is NC(=O)Cc1cc(-c2ccccc2)cc2c(C3CCN(S(=O)(=O)CCCOc4ccc5c(c4)OCO5)CC3)c[nH]c12. The number of benzene rings is 3. The molecule has 1 fully saturated rings. The standard InChI is InChI=1S/C31H33N3O6S/c32-30(35)17-24-15-23(21-5-2-1-3-6-21)16-26-27(19-33-31(24)26)22-9-11-34(12-10-22)41(36,37)14-4-13-38-25-7-8-28-29(18-25)40-20-39-28/h1-3,5-8,15-16,18-19,22,33H,4,9-14,17,20H2,(H2,32,35). The Morgan fingerprint density at radius 3 is 2.56 bits per heavy atom. The van der Waals surface area contributed by atoms with E-state index in [1.807, 2.05) is 42.6 Å². The quantitative estimate of drug-likeness (QED) is 0.267. The van der Waals surface area contributed by atoms with E-state index in [0.29, 0.717) is 43.4 Å². The van der Waals surface area contributed by atoms with Gasteiger partial charge in [-0.05, 0) is 71.7 Å². The number of carbonyl (C=O) groups is 1. The topological polar surface area (TPSA) is 124 Å². The zero-order chi connectivity index (χ0) is 28.4. The molecule has 0 radical (unpaired) electrons. The highest BCUT2D eigenvalue weighted by atomic mass is 32.2. The number of amides is 1. The van der Waals surface area contributed by atoms with Crippen LogP contribution in [-0.2, 0) is 21.2 Å². The summed E-state index contributed by atoms with van der Waals surface area (Å²) in [6.45, 7) is 1.42. The molecule has 0 unspecified atom stereocenters. The number of rotatable bonds is 10. The minimum absolute atomic E-state index is 0.0339. The average molecular weight is 576 g/mol. The van der Waals surface area contributed by atoms with Crippen LogP contribution in [0.25, 0.3) is 22.0 Å². The number of fused-ring (bicyclic) bond motifs is 2. The van der Waals surface area contributed by atoms with Gasteiger partial charge in [0.1, 0.15) is 5.75 Å². The van der Waals surface area contributed by atoms with Crippen LogP contribution in [0.1, 0.15) is 36.3 Å². The summed E-state index contributed by atoms with van der Waals surface area (Å²) in [6.07, 6.45) is 3.99. The Morgan fingerprint density at radius 1 is 1.00 bits per heavy atom. The van der Waals surface area contributed by atoms with Gasteiger partial charge in [-0.15, -0.1) is 0 Å². The van der Waals surface area contributed by atoms with Gasteiger partial charge < -0.3 is 24.9 Å². The van der Waals surface area contributed by atoms with E-state index in [1.54, 1.807) is 22.5 Å². The first-order valence-corrected chi connectivity index (χ1v) is 15.5. The predicted molar refractivity (Wildman–Crippen MR) is 157 cm³/mol. The van der Waals surface area contributed by atoms with Crippen LogP contribution in [0, 0.1) is 0 Å². The number of primary amides is 1. The molecule has 3 aromatic carbocycles. The van der Waals surface area contributed by atoms with Gasteiger partial charge >= 0.3 is 0 Å².